The van der Waals surface area contributed by atoms with Gasteiger partial charge in [-0.15, -0.1) is 0 Å². The highest BCUT2D eigenvalue weighted by molar-refractivity contribution is 7.71. The summed E-state index contributed by atoms with van der Waals surface area (Å²) in [6.45, 7) is 4.47. The maximum Gasteiger partial charge on any atom is 0.242 e. The second-order valence-electron chi connectivity index (χ2n) is 5.84. The molecule has 1 aliphatic rings. The molecule has 1 aromatic carbocycles. The van der Waals surface area contributed by atoms with Crippen LogP contribution >= 0.6 is 12.2 Å². The second-order valence-corrected chi connectivity index (χ2v) is 6.22. The van der Waals surface area contributed by atoms with Crippen molar-refractivity contribution in [2.24, 2.45) is 0 Å². The van der Waals surface area contributed by atoms with Gasteiger partial charge in [0.2, 0.25) is 5.91 Å². The van der Waals surface area contributed by atoms with Crippen LogP contribution in [-0.2, 0) is 11.3 Å². The minimum absolute atomic E-state index is 0.0967. The molecule has 0 bridgehead atoms. The van der Waals surface area contributed by atoms with E-state index >= 15 is 0 Å². The number of hydrogen-bond donors (Lipinski definition) is 1. The first-order valence-electron chi connectivity index (χ1n) is 8.35. The molecule has 2 aromatic rings. The fraction of sp³-hybridized carbons (Fsp3) is 0.471. The van der Waals surface area contributed by atoms with E-state index in [1.54, 1.807) is 4.57 Å². The zero-order chi connectivity index (χ0) is 16.9. The first-order chi connectivity index (χ1) is 11.7. The van der Waals surface area contributed by atoms with Crippen molar-refractivity contribution in [3.8, 4) is 17.1 Å². The Labute approximate surface area is 146 Å². The van der Waals surface area contributed by atoms with Crippen LogP contribution in [0.4, 0.5) is 0 Å². The number of carbonyl (C=O) groups is 1. The summed E-state index contributed by atoms with van der Waals surface area (Å²) in [6.07, 6.45) is 3.36. The molecule has 1 aliphatic heterocycles. The third-order valence-electron chi connectivity index (χ3n) is 4.18. The van der Waals surface area contributed by atoms with E-state index in [-0.39, 0.29) is 12.5 Å². The fourth-order valence-electron chi connectivity index (χ4n) is 2.93. The minimum atomic E-state index is 0.0967. The lowest BCUT2D eigenvalue weighted by atomic mass is 10.1. The van der Waals surface area contributed by atoms with Crippen molar-refractivity contribution in [2.75, 3.05) is 19.7 Å². The first-order valence-corrected chi connectivity index (χ1v) is 8.76. The molecule has 0 unspecified atom stereocenters. The lowest BCUT2D eigenvalue weighted by Gasteiger charge is -2.26. The van der Waals surface area contributed by atoms with Gasteiger partial charge in [0, 0.05) is 18.7 Å². The standard InChI is InChI=1S/C17H22N4O2S/c1-2-23-14-8-6-13(7-9-14)16-18-19-17(24)21(16)12-15(22)20-10-4-3-5-11-20/h6-9H,2-5,10-12H2,1H3,(H,19,24). The average Bonchev–Trinajstić information content (AvgIpc) is 2.97. The van der Waals surface area contributed by atoms with Gasteiger partial charge in [-0.2, -0.15) is 5.10 Å². The number of rotatable bonds is 5. The molecule has 1 aromatic heterocycles. The number of aromatic amines is 1. The summed E-state index contributed by atoms with van der Waals surface area (Å²) in [6, 6.07) is 7.65. The summed E-state index contributed by atoms with van der Waals surface area (Å²) in [5.41, 5.74) is 0.900. The molecule has 0 radical (unpaired) electrons. The van der Waals surface area contributed by atoms with E-state index in [1.165, 1.54) is 6.42 Å². The number of likely N-dealkylation sites (tertiary alicyclic amines) is 1. The molecule has 3 rings (SSSR count). The lowest BCUT2D eigenvalue weighted by Crippen LogP contribution is -2.37. The van der Waals surface area contributed by atoms with Crippen LogP contribution in [0.25, 0.3) is 11.4 Å². The number of nitrogens with zero attached hydrogens (tertiary/aromatic N) is 3. The Morgan fingerprint density at radius 1 is 1.25 bits per heavy atom. The topological polar surface area (TPSA) is 63.1 Å². The molecule has 128 valence electrons. The number of amides is 1. The SMILES string of the molecule is CCOc1ccc(-c2n[nH]c(=S)n2CC(=O)N2CCCCC2)cc1. The van der Waals surface area contributed by atoms with Crippen LogP contribution in [0, 0.1) is 4.77 Å². The molecule has 0 aliphatic carbocycles. The van der Waals surface area contributed by atoms with E-state index in [4.69, 9.17) is 17.0 Å². The average molecular weight is 346 g/mol. The summed E-state index contributed by atoms with van der Waals surface area (Å²) in [7, 11) is 0. The summed E-state index contributed by atoms with van der Waals surface area (Å²) < 4.78 is 7.69. The molecule has 0 saturated carbocycles. The van der Waals surface area contributed by atoms with Crippen LogP contribution in [0.5, 0.6) is 5.75 Å². The van der Waals surface area contributed by atoms with Crippen LogP contribution in [0.15, 0.2) is 24.3 Å². The van der Waals surface area contributed by atoms with E-state index in [1.807, 2.05) is 36.1 Å². The van der Waals surface area contributed by atoms with Gasteiger partial charge in [0.15, 0.2) is 10.6 Å². The summed E-state index contributed by atoms with van der Waals surface area (Å²) in [4.78, 5) is 14.5. The van der Waals surface area contributed by atoms with Crippen LogP contribution in [0.1, 0.15) is 26.2 Å². The maximum absolute atomic E-state index is 12.5. The summed E-state index contributed by atoms with van der Waals surface area (Å²) in [5, 5.41) is 7.09. The maximum atomic E-state index is 12.5. The van der Waals surface area contributed by atoms with Crippen LogP contribution in [0.3, 0.4) is 0 Å². The third kappa shape index (κ3) is 3.67. The van der Waals surface area contributed by atoms with Gasteiger partial charge in [0.25, 0.3) is 0 Å². The van der Waals surface area contributed by atoms with E-state index in [2.05, 4.69) is 10.2 Å². The third-order valence-corrected chi connectivity index (χ3v) is 4.50. The van der Waals surface area contributed by atoms with Gasteiger partial charge in [-0.05, 0) is 62.7 Å². The normalized spacial score (nSPS) is 14.6. The number of piperidine rings is 1. The molecule has 0 atom stereocenters. The number of carbonyl (C=O) groups excluding carboxylic acids is 1. The highest BCUT2D eigenvalue weighted by atomic mass is 32.1. The Hall–Kier alpha value is -2.15. The van der Waals surface area contributed by atoms with Crippen molar-refractivity contribution in [1.29, 1.82) is 0 Å². The summed E-state index contributed by atoms with van der Waals surface area (Å²) in [5.74, 6) is 1.58. The number of aromatic nitrogens is 3. The summed E-state index contributed by atoms with van der Waals surface area (Å²) >= 11 is 5.31. The first kappa shape index (κ1) is 16.7. The zero-order valence-electron chi connectivity index (χ0n) is 13.8. The zero-order valence-corrected chi connectivity index (χ0v) is 14.6. The van der Waals surface area contributed by atoms with Gasteiger partial charge in [0.05, 0.1) is 6.61 Å². The largest absolute Gasteiger partial charge is 0.494 e. The Bertz CT molecular complexity index is 745. The molecule has 1 fully saturated rings. The van der Waals surface area contributed by atoms with Crippen molar-refractivity contribution in [1.82, 2.24) is 19.7 Å². The number of benzene rings is 1. The van der Waals surface area contributed by atoms with Crippen LogP contribution in [-0.4, -0.2) is 45.3 Å². The van der Waals surface area contributed by atoms with E-state index in [0.717, 1.165) is 37.2 Å². The van der Waals surface area contributed by atoms with Gasteiger partial charge in [-0.3, -0.25) is 14.5 Å². The molecule has 6 nitrogen and oxygen atoms in total. The second kappa shape index (κ2) is 7.61. The van der Waals surface area contributed by atoms with Gasteiger partial charge < -0.3 is 9.64 Å². The minimum Gasteiger partial charge on any atom is -0.494 e. The monoisotopic (exact) mass is 346 g/mol. The van der Waals surface area contributed by atoms with E-state index < -0.39 is 0 Å². The molecule has 0 spiro atoms. The Balaban J connectivity index is 1.80. The number of H-pyrrole nitrogens is 1. The van der Waals surface area contributed by atoms with Crippen molar-refractivity contribution in [3.05, 3.63) is 29.0 Å². The molecular weight excluding hydrogens is 324 g/mol. The molecular formula is C17H22N4O2S. The van der Waals surface area contributed by atoms with E-state index in [9.17, 15) is 4.79 Å². The van der Waals surface area contributed by atoms with Crippen molar-refractivity contribution < 1.29 is 9.53 Å². The van der Waals surface area contributed by atoms with Gasteiger partial charge in [-0.1, -0.05) is 0 Å². The van der Waals surface area contributed by atoms with Crippen molar-refractivity contribution in [2.45, 2.75) is 32.7 Å². The van der Waals surface area contributed by atoms with E-state index in [0.29, 0.717) is 17.2 Å². The predicted octanol–water partition coefficient (Wildman–Crippen LogP) is 3.02. The molecule has 24 heavy (non-hydrogen) atoms. The predicted molar refractivity (Wildman–Crippen MR) is 94.4 cm³/mol. The highest BCUT2D eigenvalue weighted by Gasteiger charge is 2.19. The molecule has 1 amide bonds. The van der Waals surface area contributed by atoms with Crippen molar-refractivity contribution in [3.63, 3.8) is 0 Å². The fourth-order valence-corrected chi connectivity index (χ4v) is 3.13. The van der Waals surface area contributed by atoms with Crippen LogP contribution < -0.4 is 4.74 Å². The Morgan fingerprint density at radius 3 is 2.62 bits per heavy atom. The molecule has 1 saturated heterocycles. The number of nitrogens with one attached hydrogen (secondary N) is 1. The Morgan fingerprint density at radius 2 is 1.96 bits per heavy atom. The number of hydrogen-bond acceptors (Lipinski definition) is 4. The molecule has 1 N–H and O–H groups in total. The smallest absolute Gasteiger partial charge is 0.242 e. The molecule has 7 heteroatoms. The van der Waals surface area contributed by atoms with Crippen LogP contribution in [0.2, 0.25) is 0 Å². The Kier molecular flexibility index (Phi) is 5.30. The lowest BCUT2D eigenvalue weighted by molar-refractivity contribution is -0.132. The number of ether oxygens (including phenoxy) is 1. The quantitative estimate of drug-likeness (QED) is 0.845. The van der Waals surface area contributed by atoms with Gasteiger partial charge in [-0.25, -0.2) is 0 Å². The van der Waals surface area contributed by atoms with Gasteiger partial charge in [0.1, 0.15) is 12.3 Å². The van der Waals surface area contributed by atoms with Crippen molar-refractivity contribution >= 4 is 18.1 Å². The highest BCUT2D eigenvalue weighted by Crippen LogP contribution is 2.21. The van der Waals surface area contributed by atoms with Gasteiger partial charge >= 0.3 is 0 Å². The molecule has 2 heterocycles.